The molecule has 1 aromatic carbocycles. The molecule has 6 nitrogen and oxygen atoms in total. The fraction of sp³-hybridized carbons (Fsp3) is 0. The summed E-state index contributed by atoms with van der Waals surface area (Å²) < 4.78 is 0. The van der Waals surface area contributed by atoms with Crippen LogP contribution in [0.1, 0.15) is 5.56 Å². The summed E-state index contributed by atoms with van der Waals surface area (Å²) in [5.41, 5.74) is 0.280. The molecule has 0 bridgehead atoms. The van der Waals surface area contributed by atoms with Gasteiger partial charge in [-0.1, -0.05) is 0 Å². The Bertz CT molecular complexity index is 421. The first kappa shape index (κ1) is 10.7. The van der Waals surface area contributed by atoms with Crippen molar-refractivity contribution in [2.24, 2.45) is 0 Å². The van der Waals surface area contributed by atoms with Crippen molar-refractivity contribution in [3.63, 3.8) is 0 Å². The first-order chi connectivity index (χ1) is 7.00. The van der Waals surface area contributed by atoms with Gasteiger partial charge >= 0.3 is 5.97 Å². The minimum atomic E-state index is -1.45. The molecule has 15 heavy (non-hydrogen) atoms. The number of aliphatic hydroxyl groups excluding tert-OH is 1. The lowest BCUT2D eigenvalue weighted by atomic mass is 10.2. The number of nitro benzene ring substituents is 1. The van der Waals surface area contributed by atoms with Gasteiger partial charge in [-0.3, -0.25) is 10.1 Å². The predicted octanol–water partition coefficient (Wildman–Crippen LogP) is 1.58. The fourth-order valence-electron chi connectivity index (χ4n) is 0.912. The third-order valence-corrected chi connectivity index (χ3v) is 1.63. The number of aliphatic hydroxyl groups is 1. The Hall–Kier alpha value is -2.37. The summed E-state index contributed by atoms with van der Waals surface area (Å²) in [6.45, 7) is 0. The number of benzene rings is 1. The number of nitrogens with zero attached hydrogens (tertiary/aromatic N) is 1. The minimum Gasteiger partial charge on any atom is -0.502 e. The van der Waals surface area contributed by atoms with E-state index in [9.17, 15) is 14.9 Å². The van der Waals surface area contributed by atoms with E-state index >= 15 is 0 Å². The molecule has 1 rings (SSSR count). The fourth-order valence-corrected chi connectivity index (χ4v) is 0.912. The van der Waals surface area contributed by atoms with Crippen LogP contribution in [0.25, 0.3) is 6.08 Å². The van der Waals surface area contributed by atoms with Gasteiger partial charge in [0.1, 0.15) is 0 Å². The topological polar surface area (TPSA) is 101 Å². The van der Waals surface area contributed by atoms with Gasteiger partial charge in [0.15, 0.2) is 0 Å². The number of hydrogen-bond acceptors (Lipinski definition) is 4. The van der Waals surface area contributed by atoms with E-state index in [1.807, 2.05) is 0 Å². The SMILES string of the molecule is O=C(O)C(O)=Cc1ccc([N+](=O)[O-])cc1. The number of nitro groups is 1. The van der Waals surface area contributed by atoms with Crippen molar-refractivity contribution in [1.82, 2.24) is 0 Å². The molecule has 0 aliphatic heterocycles. The van der Waals surface area contributed by atoms with Crippen LogP contribution in [-0.2, 0) is 4.79 Å². The van der Waals surface area contributed by atoms with Crippen molar-refractivity contribution in [1.29, 1.82) is 0 Å². The van der Waals surface area contributed by atoms with Gasteiger partial charge in [0.05, 0.1) is 4.92 Å². The molecule has 0 heterocycles. The maximum atomic E-state index is 10.3. The average Bonchev–Trinajstić information content (AvgIpc) is 2.18. The third kappa shape index (κ3) is 2.80. The summed E-state index contributed by atoms with van der Waals surface area (Å²) >= 11 is 0. The Morgan fingerprint density at radius 2 is 1.80 bits per heavy atom. The van der Waals surface area contributed by atoms with Gasteiger partial charge in [0.2, 0.25) is 5.76 Å². The molecule has 6 heteroatoms. The monoisotopic (exact) mass is 209 g/mol. The van der Waals surface area contributed by atoms with E-state index < -0.39 is 16.7 Å². The highest BCUT2D eigenvalue weighted by atomic mass is 16.6. The van der Waals surface area contributed by atoms with E-state index in [1.54, 1.807) is 0 Å². The summed E-state index contributed by atoms with van der Waals surface area (Å²) in [5, 5.41) is 27.5. The molecule has 78 valence electrons. The molecule has 0 aliphatic carbocycles. The van der Waals surface area contributed by atoms with Crippen LogP contribution in [-0.4, -0.2) is 21.1 Å². The number of non-ortho nitro benzene ring substituents is 1. The van der Waals surface area contributed by atoms with Crippen molar-refractivity contribution < 1.29 is 19.9 Å². The second-order valence-corrected chi connectivity index (χ2v) is 2.68. The molecule has 0 unspecified atom stereocenters. The lowest BCUT2D eigenvalue weighted by molar-refractivity contribution is -0.384. The molecule has 0 spiro atoms. The van der Waals surface area contributed by atoms with Crippen molar-refractivity contribution in [2.45, 2.75) is 0 Å². The van der Waals surface area contributed by atoms with Crippen LogP contribution >= 0.6 is 0 Å². The lowest BCUT2D eigenvalue weighted by Crippen LogP contribution is -1.98. The highest BCUT2D eigenvalue weighted by Gasteiger charge is 2.06. The Morgan fingerprint density at radius 3 is 2.20 bits per heavy atom. The molecule has 0 fully saturated rings. The Kier molecular flexibility index (Phi) is 3.02. The maximum Gasteiger partial charge on any atom is 0.370 e. The number of carboxylic acids is 1. The van der Waals surface area contributed by atoms with Gasteiger partial charge in [-0.2, -0.15) is 0 Å². The van der Waals surface area contributed by atoms with Crippen LogP contribution in [0.15, 0.2) is 30.0 Å². The van der Waals surface area contributed by atoms with Gasteiger partial charge in [-0.25, -0.2) is 4.79 Å². The molecule has 0 amide bonds. The highest BCUT2D eigenvalue weighted by Crippen LogP contribution is 2.13. The Balaban J connectivity index is 2.95. The average molecular weight is 209 g/mol. The minimum absolute atomic E-state index is 0.0954. The number of carbonyl (C=O) groups is 1. The first-order valence-electron chi connectivity index (χ1n) is 3.89. The van der Waals surface area contributed by atoms with E-state index in [2.05, 4.69) is 0 Å². The summed E-state index contributed by atoms with van der Waals surface area (Å²) in [6.07, 6.45) is 1.01. The second kappa shape index (κ2) is 4.23. The van der Waals surface area contributed by atoms with Crippen LogP contribution in [0.5, 0.6) is 0 Å². The third-order valence-electron chi connectivity index (χ3n) is 1.63. The largest absolute Gasteiger partial charge is 0.502 e. The second-order valence-electron chi connectivity index (χ2n) is 2.68. The van der Waals surface area contributed by atoms with Gasteiger partial charge in [0, 0.05) is 12.1 Å². The van der Waals surface area contributed by atoms with E-state index in [0.717, 1.165) is 6.08 Å². The van der Waals surface area contributed by atoms with Crippen LogP contribution in [0.4, 0.5) is 5.69 Å². The van der Waals surface area contributed by atoms with Crippen LogP contribution < -0.4 is 0 Å². The maximum absolute atomic E-state index is 10.3. The van der Waals surface area contributed by atoms with Crippen LogP contribution in [0, 0.1) is 10.1 Å². The highest BCUT2D eigenvalue weighted by molar-refractivity contribution is 5.89. The summed E-state index contributed by atoms with van der Waals surface area (Å²) in [5.74, 6) is -2.27. The van der Waals surface area contributed by atoms with E-state index in [4.69, 9.17) is 10.2 Å². The predicted molar refractivity (Wildman–Crippen MR) is 51.3 cm³/mol. The van der Waals surface area contributed by atoms with Gasteiger partial charge in [-0.15, -0.1) is 0 Å². The lowest BCUT2D eigenvalue weighted by Gasteiger charge is -1.94. The van der Waals surface area contributed by atoms with Gasteiger partial charge < -0.3 is 10.2 Å². The first-order valence-corrected chi connectivity index (χ1v) is 3.89. The van der Waals surface area contributed by atoms with Crippen molar-refractivity contribution in [3.05, 3.63) is 45.7 Å². The molecule has 0 radical (unpaired) electrons. The van der Waals surface area contributed by atoms with E-state index in [1.165, 1.54) is 24.3 Å². The zero-order valence-corrected chi connectivity index (χ0v) is 7.45. The smallest absolute Gasteiger partial charge is 0.370 e. The van der Waals surface area contributed by atoms with E-state index in [-0.39, 0.29) is 5.69 Å². The van der Waals surface area contributed by atoms with Crippen molar-refractivity contribution >= 4 is 17.7 Å². The molecule has 0 saturated carbocycles. The van der Waals surface area contributed by atoms with E-state index in [0.29, 0.717) is 5.56 Å². The molecular weight excluding hydrogens is 202 g/mol. The number of carboxylic acid groups (broad SMARTS) is 1. The van der Waals surface area contributed by atoms with Gasteiger partial charge in [-0.05, 0) is 23.8 Å². The van der Waals surface area contributed by atoms with Crippen molar-refractivity contribution in [2.75, 3.05) is 0 Å². The van der Waals surface area contributed by atoms with Gasteiger partial charge in [0.25, 0.3) is 5.69 Å². The van der Waals surface area contributed by atoms with Crippen LogP contribution in [0.3, 0.4) is 0 Å². The summed E-state index contributed by atoms with van der Waals surface area (Å²) in [7, 11) is 0. The van der Waals surface area contributed by atoms with Crippen molar-refractivity contribution in [3.8, 4) is 0 Å². The molecule has 2 N–H and O–H groups in total. The number of hydrogen-bond donors (Lipinski definition) is 2. The number of rotatable bonds is 3. The summed E-state index contributed by atoms with van der Waals surface area (Å²) in [4.78, 5) is 20.0. The number of aliphatic carboxylic acids is 1. The Morgan fingerprint density at radius 1 is 1.27 bits per heavy atom. The molecule has 0 aliphatic rings. The Labute approximate surface area is 84.2 Å². The molecule has 0 atom stereocenters. The quantitative estimate of drug-likeness (QED) is 0.340. The molecular formula is C9H7NO5. The molecule has 0 aromatic heterocycles. The standard InChI is InChI=1S/C9H7NO5/c11-8(9(12)13)5-6-1-3-7(4-2-6)10(14)15/h1-5,11H,(H,12,13). The molecule has 1 aromatic rings. The normalized spacial score (nSPS) is 11.1. The molecule has 0 saturated heterocycles. The zero-order valence-electron chi connectivity index (χ0n) is 7.45. The zero-order chi connectivity index (χ0) is 11.4. The summed E-state index contributed by atoms with van der Waals surface area (Å²) in [6, 6.07) is 5.14. The van der Waals surface area contributed by atoms with Crippen LogP contribution in [0.2, 0.25) is 0 Å².